The average Bonchev–Trinajstić information content (AvgIpc) is 3.19. The van der Waals surface area contributed by atoms with Gasteiger partial charge in [-0.1, -0.05) is 177 Å². The van der Waals surface area contributed by atoms with Crippen LogP contribution in [0.1, 0.15) is 181 Å². The smallest absolute Gasteiger partial charge is 0.457 e. The van der Waals surface area contributed by atoms with Crippen molar-refractivity contribution in [3.63, 3.8) is 0 Å². The maximum atomic E-state index is 12.6. The second-order valence-corrected chi connectivity index (χ2v) is 16.0. The zero-order valence-corrected chi connectivity index (χ0v) is 36.7. The van der Waals surface area contributed by atoms with Gasteiger partial charge in [-0.3, -0.25) is 13.8 Å². The molecule has 324 valence electrons. The Balaban J connectivity index is 4.10. The van der Waals surface area contributed by atoms with Gasteiger partial charge >= 0.3 is 13.8 Å². The Morgan fingerprint density at radius 1 is 0.554 bits per heavy atom. The Hall–Kier alpha value is -2.06. The molecule has 8 nitrogen and oxygen atoms in total. The Kier molecular flexibility index (Phi) is 42.4. The minimum absolute atomic E-state index is 0.0585. The highest BCUT2D eigenvalue weighted by Gasteiger charge is 2.25. The lowest BCUT2D eigenvalue weighted by Crippen LogP contribution is -2.28. The molecule has 0 aliphatic carbocycles. The van der Waals surface area contributed by atoms with Gasteiger partial charge in [-0.2, -0.15) is 0 Å². The van der Waals surface area contributed by atoms with Crippen LogP contribution in [0.5, 0.6) is 0 Å². The first-order valence-electron chi connectivity index (χ1n) is 22.4. The van der Waals surface area contributed by atoms with Crippen LogP contribution in [0.4, 0.5) is 0 Å². The molecule has 2 atom stereocenters. The molecule has 2 unspecified atom stereocenters. The molecule has 0 rings (SSSR count). The largest absolute Gasteiger partial charge is 0.472 e. The van der Waals surface area contributed by atoms with E-state index in [1.807, 2.05) is 0 Å². The molecule has 56 heavy (non-hydrogen) atoms. The Morgan fingerprint density at radius 3 is 1.50 bits per heavy atom. The van der Waals surface area contributed by atoms with Crippen molar-refractivity contribution in [3.05, 3.63) is 72.9 Å². The van der Waals surface area contributed by atoms with E-state index >= 15 is 0 Å². The lowest BCUT2D eigenvalue weighted by Gasteiger charge is -2.19. The summed E-state index contributed by atoms with van der Waals surface area (Å²) in [6.07, 6.45) is 55.2. The van der Waals surface area contributed by atoms with Gasteiger partial charge in [-0.25, -0.2) is 4.57 Å². The number of phosphoric ester groups is 1. The van der Waals surface area contributed by atoms with Crippen molar-refractivity contribution in [2.45, 2.75) is 187 Å². The van der Waals surface area contributed by atoms with Crippen molar-refractivity contribution >= 4 is 13.8 Å². The van der Waals surface area contributed by atoms with Crippen molar-refractivity contribution in [3.8, 4) is 0 Å². The Labute approximate surface area is 344 Å². The third kappa shape index (κ3) is 43.1. The normalized spacial score (nSPS) is 14.1. The summed E-state index contributed by atoms with van der Waals surface area (Å²) < 4.78 is 33.3. The van der Waals surface area contributed by atoms with Crippen molar-refractivity contribution in [2.24, 2.45) is 5.73 Å². The third-order valence-electron chi connectivity index (χ3n) is 9.13. The molecule has 0 aromatic heterocycles. The van der Waals surface area contributed by atoms with Gasteiger partial charge in [0, 0.05) is 13.0 Å². The molecular formula is C47H84NO7P. The average molecular weight is 806 g/mol. The van der Waals surface area contributed by atoms with E-state index in [-0.39, 0.29) is 32.3 Å². The van der Waals surface area contributed by atoms with Crippen molar-refractivity contribution in [2.75, 3.05) is 33.0 Å². The third-order valence-corrected chi connectivity index (χ3v) is 10.1. The molecule has 0 radical (unpaired) electrons. The predicted octanol–water partition coefficient (Wildman–Crippen LogP) is 13.5. The second-order valence-electron chi connectivity index (χ2n) is 14.5. The van der Waals surface area contributed by atoms with Gasteiger partial charge in [0.25, 0.3) is 0 Å². The fourth-order valence-corrected chi connectivity index (χ4v) is 6.64. The number of carbonyl (C=O) groups is 1. The number of allylic oxidation sites excluding steroid dienone is 11. The minimum Gasteiger partial charge on any atom is -0.457 e. The van der Waals surface area contributed by atoms with E-state index in [9.17, 15) is 14.3 Å². The van der Waals surface area contributed by atoms with Crippen molar-refractivity contribution < 1.29 is 32.8 Å². The SMILES string of the molecule is CC/C=C\C/C=C\C/C=C\C/C=C\C/C=C\CCOCC(COP(=O)(O)OCCN)OC(=O)CCCCCCCCCCC/C=C\CCCCCCCCCC. The first-order valence-corrected chi connectivity index (χ1v) is 23.9. The molecule has 0 saturated heterocycles. The molecule has 0 fully saturated rings. The Morgan fingerprint density at radius 2 is 1.00 bits per heavy atom. The Bertz CT molecular complexity index is 1080. The number of esters is 1. The lowest BCUT2D eigenvalue weighted by molar-refractivity contribution is -0.154. The van der Waals surface area contributed by atoms with Crippen LogP contribution in [0.25, 0.3) is 0 Å². The van der Waals surface area contributed by atoms with Crippen LogP contribution in [-0.2, 0) is 27.9 Å². The molecule has 9 heteroatoms. The highest BCUT2D eigenvalue weighted by molar-refractivity contribution is 7.47. The summed E-state index contributed by atoms with van der Waals surface area (Å²) in [5.41, 5.74) is 5.37. The maximum Gasteiger partial charge on any atom is 0.472 e. The zero-order chi connectivity index (χ0) is 40.9. The van der Waals surface area contributed by atoms with Gasteiger partial charge in [0.05, 0.1) is 26.4 Å². The van der Waals surface area contributed by atoms with E-state index in [2.05, 4.69) is 86.8 Å². The van der Waals surface area contributed by atoms with E-state index in [4.69, 9.17) is 24.3 Å². The van der Waals surface area contributed by atoms with E-state index < -0.39 is 13.9 Å². The second kappa shape index (κ2) is 44.1. The van der Waals surface area contributed by atoms with Gasteiger partial charge in [-0.15, -0.1) is 0 Å². The van der Waals surface area contributed by atoms with Gasteiger partial charge in [0.15, 0.2) is 0 Å². The van der Waals surface area contributed by atoms with Crippen molar-refractivity contribution in [1.29, 1.82) is 0 Å². The summed E-state index contributed by atoms with van der Waals surface area (Å²) in [5.74, 6) is -0.359. The predicted molar refractivity (Wildman–Crippen MR) is 238 cm³/mol. The molecule has 0 aromatic rings. The molecule has 0 spiro atoms. The van der Waals surface area contributed by atoms with Gasteiger partial charge in [0.2, 0.25) is 0 Å². The molecule has 0 saturated carbocycles. The van der Waals surface area contributed by atoms with Crippen LogP contribution >= 0.6 is 7.82 Å². The fraction of sp³-hybridized carbons (Fsp3) is 0.723. The van der Waals surface area contributed by atoms with Gasteiger partial charge in [0.1, 0.15) is 6.10 Å². The molecule has 0 bridgehead atoms. The molecule has 0 aromatic carbocycles. The first-order chi connectivity index (χ1) is 27.4. The number of unbranched alkanes of at least 4 members (excludes halogenated alkanes) is 17. The number of rotatable bonds is 42. The number of ether oxygens (including phenoxy) is 2. The molecule has 0 heterocycles. The lowest BCUT2D eigenvalue weighted by atomic mass is 10.1. The minimum atomic E-state index is -4.30. The standard InChI is InChI=1S/C47H84NO7P/c1-3-5-7-9-11-13-15-17-19-21-22-23-24-25-26-28-30-32-34-36-38-40-47(49)55-46(45-54-56(50,51)53-43-41-48)44-52-42-39-37-35-33-31-29-27-20-18-16-14-12-10-8-6-4-2/h6,8,12,14,18,20-22,29,31,35,37,46H,3-5,7,9-11,13,15-17,19,23-28,30,32-34,36,38-45,48H2,1-2H3,(H,50,51)/b8-6-,14-12-,20-18-,22-21-,31-29-,37-35-. The highest BCUT2D eigenvalue weighted by Crippen LogP contribution is 2.43. The number of nitrogens with two attached hydrogens (primary N) is 1. The van der Waals surface area contributed by atoms with Crippen LogP contribution in [0.15, 0.2) is 72.9 Å². The van der Waals surface area contributed by atoms with Crippen LogP contribution in [0.3, 0.4) is 0 Å². The number of phosphoric acid groups is 1. The molecule has 0 amide bonds. The highest BCUT2D eigenvalue weighted by atomic mass is 31.2. The van der Waals surface area contributed by atoms with Crippen LogP contribution < -0.4 is 5.73 Å². The molecule has 3 N–H and O–H groups in total. The summed E-state index contributed by atoms with van der Waals surface area (Å²) in [6, 6.07) is 0. The first kappa shape index (κ1) is 53.9. The van der Waals surface area contributed by atoms with Crippen LogP contribution in [0.2, 0.25) is 0 Å². The van der Waals surface area contributed by atoms with Crippen molar-refractivity contribution in [1.82, 2.24) is 0 Å². The fourth-order valence-electron chi connectivity index (χ4n) is 5.88. The molecular weight excluding hydrogens is 721 g/mol. The summed E-state index contributed by atoms with van der Waals surface area (Å²) in [5, 5.41) is 0. The van der Waals surface area contributed by atoms with Crippen LogP contribution in [-0.4, -0.2) is 49.9 Å². The zero-order valence-electron chi connectivity index (χ0n) is 35.8. The summed E-state index contributed by atoms with van der Waals surface area (Å²) in [4.78, 5) is 22.5. The number of hydrogen-bond acceptors (Lipinski definition) is 7. The van der Waals surface area contributed by atoms with E-state index in [1.54, 1.807) is 0 Å². The summed E-state index contributed by atoms with van der Waals surface area (Å²) in [6.45, 7) is 4.57. The van der Waals surface area contributed by atoms with E-state index in [0.29, 0.717) is 19.4 Å². The summed E-state index contributed by atoms with van der Waals surface area (Å²) in [7, 11) is -4.30. The van der Waals surface area contributed by atoms with Crippen LogP contribution in [0, 0.1) is 0 Å². The van der Waals surface area contributed by atoms with E-state index in [1.165, 1.54) is 103 Å². The molecule has 0 aliphatic heterocycles. The quantitative estimate of drug-likeness (QED) is 0.0271. The van der Waals surface area contributed by atoms with Gasteiger partial charge < -0.3 is 20.1 Å². The van der Waals surface area contributed by atoms with Gasteiger partial charge in [-0.05, 0) is 70.6 Å². The monoisotopic (exact) mass is 806 g/mol. The number of carbonyl (C=O) groups excluding carboxylic acids is 1. The molecule has 0 aliphatic rings. The maximum absolute atomic E-state index is 12.6. The number of hydrogen-bond donors (Lipinski definition) is 2. The van der Waals surface area contributed by atoms with E-state index in [0.717, 1.165) is 51.4 Å². The topological polar surface area (TPSA) is 117 Å². The summed E-state index contributed by atoms with van der Waals surface area (Å²) >= 11 is 0.